The van der Waals surface area contributed by atoms with Gasteiger partial charge in [0.25, 0.3) is 5.91 Å². The highest BCUT2D eigenvalue weighted by Gasteiger charge is 2.39. The topological polar surface area (TPSA) is 57.2 Å². The second-order valence-electron chi connectivity index (χ2n) is 7.97. The monoisotopic (exact) mass is 439 g/mol. The maximum Gasteiger partial charge on any atom is 0.251 e. The summed E-state index contributed by atoms with van der Waals surface area (Å²) in [5.41, 5.74) is 1.09. The standard InChI is InChI=1S/C23H41NO5Si/c1-9-30(10-2,11-3)29-22(19(5)23(25)24(6)27-8)18(4)16-28-17-20-12-14-21(26-7)15-13-20/h12-15,18-19,22H,9-11,16-17H2,1-8H3/t18-,19-,22-/m1/s1. The number of carbonyl (C=O) groups is 1. The zero-order valence-corrected chi connectivity index (χ0v) is 21.1. The molecule has 0 aliphatic rings. The first-order valence-corrected chi connectivity index (χ1v) is 13.5. The first-order valence-electron chi connectivity index (χ1n) is 11.0. The number of rotatable bonds is 14. The number of nitrogens with zero attached hydrogens (tertiary/aromatic N) is 1. The maximum absolute atomic E-state index is 12.8. The molecule has 0 heterocycles. The molecule has 0 aromatic heterocycles. The molecule has 0 aliphatic heterocycles. The van der Waals surface area contributed by atoms with Gasteiger partial charge < -0.3 is 13.9 Å². The summed E-state index contributed by atoms with van der Waals surface area (Å²) in [4.78, 5) is 17.9. The predicted octanol–water partition coefficient (Wildman–Crippen LogP) is 4.89. The summed E-state index contributed by atoms with van der Waals surface area (Å²) in [7, 11) is 2.91. The van der Waals surface area contributed by atoms with E-state index in [9.17, 15) is 4.79 Å². The van der Waals surface area contributed by atoms with E-state index in [1.54, 1.807) is 14.2 Å². The van der Waals surface area contributed by atoms with Crippen molar-refractivity contribution in [1.82, 2.24) is 5.06 Å². The summed E-state index contributed by atoms with van der Waals surface area (Å²) in [5.74, 6) is 0.515. The minimum Gasteiger partial charge on any atom is -0.497 e. The van der Waals surface area contributed by atoms with E-state index >= 15 is 0 Å². The Balaban J connectivity index is 2.88. The van der Waals surface area contributed by atoms with Gasteiger partial charge in [-0.3, -0.25) is 9.63 Å². The van der Waals surface area contributed by atoms with Crippen LogP contribution < -0.4 is 4.74 Å². The molecule has 1 rings (SSSR count). The Hall–Kier alpha value is -1.41. The maximum atomic E-state index is 12.8. The van der Waals surface area contributed by atoms with Crippen molar-refractivity contribution < 1.29 is 23.5 Å². The SMILES string of the molecule is CC[Si](CC)(CC)O[C@H]([C@H](C)COCc1ccc(OC)cc1)[C@@H](C)C(=O)N(C)OC. The predicted molar refractivity (Wildman–Crippen MR) is 123 cm³/mol. The number of carbonyl (C=O) groups excluding carboxylic acids is 1. The zero-order chi connectivity index (χ0) is 22.7. The van der Waals surface area contributed by atoms with E-state index in [4.69, 9.17) is 18.7 Å². The summed E-state index contributed by atoms with van der Waals surface area (Å²) in [6, 6.07) is 11.0. The van der Waals surface area contributed by atoms with Crippen LogP contribution in [0, 0.1) is 11.8 Å². The van der Waals surface area contributed by atoms with Crippen molar-refractivity contribution in [1.29, 1.82) is 0 Å². The summed E-state index contributed by atoms with van der Waals surface area (Å²) in [5, 5.41) is 1.29. The lowest BCUT2D eigenvalue weighted by atomic mass is 9.93. The molecule has 3 atom stereocenters. The number of methoxy groups -OCH3 is 1. The van der Waals surface area contributed by atoms with Crippen LogP contribution >= 0.6 is 0 Å². The number of benzene rings is 1. The number of amides is 1. The summed E-state index contributed by atoms with van der Waals surface area (Å²) < 4.78 is 18.0. The molecule has 1 amide bonds. The average molecular weight is 440 g/mol. The fourth-order valence-corrected chi connectivity index (χ4v) is 6.71. The molecule has 172 valence electrons. The molecule has 1 aromatic rings. The van der Waals surface area contributed by atoms with Crippen LogP contribution in [0.25, 0.3) is 0 Å². The van der Waals surface area contributed by atoms with Crippen LogP contribution in [0.15, 0.2) is 24.3 Å². The Morgan fingerprint density at radius 1 is 1.03 bits per heavy atom. The molecule has 0 fully saturated rings. The Labute approximate surface area is 183 Å². The molecular formula is C23H41NO5Si. The second kappa shape index (κ2) is 13.1. The van der Waals surface area contributed by atoms with Gasteiger partial charge in [-0.2, -0.15) is 0 Å². The van der Waals surface area contributed by atoms with Gasteiger partial charge in [0, 0.05) is 13.0 Å². The zero-order valence-electron chi connectivity index (χ0n) is 20.1. The van der Waals surface area contributed by atoms with Crippen molar-refractivity contribution in [2.45, 2.75) is 65.5 Å². The molecule has 1 aromatic carbocycles. The van der Waals surface area contributed by atoms with Gasteiger partial charge in [0.2, 0.25) is 0 Å². The molecule has 0 bridgehead atoms. The minimum absolute atomic E-state index is 0.0731. The number of hydrogen-bond donors (Lipinski definition) is 0. The smallest absolute Gasteiger partial charge is 0.251 e. The molecule has 6 nitrogen and oxygen atoms in total. The highest BCUT2D eigenvalue weighted by atomic mass is 28.4. The van der Waals surface area contributed by atoms with Gasteiger partial charge in [0.05, 0.1) is 39.5 Å². The van der Waals surface area contributed by atoms with E-state index in [0.29, 0.717) is 13.2 Å². The van der Waals surface area contributed by atoms with Gasteiger partial charge in [-0.05, 0) is 35.8 Å². The molecule has 0 N–H and O–H groups in total. The Morgan fingerprint density at radius 3 is 2.07 bits per heavy atom. The van der Waals surface area contributed by atoms with Crippen molar-refractivity contribution in [3.8, 4) is 5.75 Å². The van der Waals surface area contributed by atoms with Crippen LogP contribution in [0.5, 0.6) is 5.75 Å². The van der Waals surface area contributed by atoms with Crippen LogP contribution in [-0.4, -0.2) is 53.3 Å². The lowest BCUT2D eigenvalue weighted by molar-refractivity contribution is -0.177. The van der Waals surface area contributed by atoms with Crippen molar-refractivity contribution in [2.75, 3.05) is 27.9 Å². The number of hydroxylamine groups is 2. The highest BCUT2D eigenvalue weighted by molar-refractivity contribution is 6.73. The minimum atomic E-state index is -1.89. The molecule has 0 saturated carbocycles. The number of hydrogen-bond acceptors (Lipinski definition) is 5. The Bertz CT molecular complexity index is 612. The molecular weight excluding hydrogens is 398 g/mol. The van der Waals surface area contributed by atoms with Gasteiger partial charge in [-0.25, -0.2) is 5.06 Å². The molecule has 30 heavy (non-hydrogen) atoms. The lowest BCUT2D eigenvalue weighted by Crippen LogP contribution is -2.49. The van der Waals surface area contributed by atoms with E-state index in [1.165, 1.54) is 12.2 Å². The van der Waals surface area contributed by atoms with Crippen LogP contribution in [0.1, 0.15) is 40.2 Å². The quantitative estimate of drug-likeness (QED) is 0.305. The molecule has 0 radical (unpaired) electrons. The number of ether oxygens (including phenoxy) is 2. The van der Waals surface area contributed by atoms with E-state index in [1.807, 2.05) is 31.2 Å². The van der Waals surface area contributed by atoms with Crippen molar-refractivity contribution >= 4 is 14.2 Å². The van der Waals surface area contributed by atoms with Crippen LogP contribution in [0.3, 0.4) is 0 Å². The van der Waals surface area contributed by atoms with Crippen molar-refractivity contribution in [2.24, 2.45) is 11.8 Å². The molecule has 0 saturated heterocycles. The Morgan fingerprint density at radius 2 is 1.60 bits per heavy atom. The highest BCUT2D eigenvalue weighted by Crippen LogP contribution is 2.30. The third-order valence-electron chi connectivity index (χ3n) is 6.16. The lowest BCUT2D eigenvalue weighted by Gasteiger charge is -2.39. The van der Waals surface area contributed by atoms with Crippen molar-refractivity contribution in [3.05, 3.63) is 29.8 Å². The van der Waals surface area contributed by atoms with E-state index in [0.717, 1.165) is 29.4 Å². The van der Waals surface area contributed by atoms with Gasteiger partial charge in [-0.15, -0.1) is 0 Å². The molecule has 0 spiro atoms. The summed E-state index contributed by atoms with van der Waals surface area (Å²) >= 11 is 0. The van der Waals surface area contributed by atoms with Gasteiger partial charge in [-0.1, -0.05) is 46.8 Å². The summed E-state index contributed by atoms with van der Waals surface area (Å²) in [6.45, 7) is 11.7. The average Bonchev–Trinajstić information content (AvgIpc) is 2.79. The van der Waals surface area contributed by atoms with E-state index < -0.39 is 8.32 Å². The third kappa shape index (κ3) is 7.37. The van der Waals surface area contributed by atoms with Crippen molar-refractivity contribution in [3.63, 3.8) is 0 Å². The van der Waals surface area contributed by atoms with Gasteiger partial charge >= 0.3 is 0 Å². The largest absolute Gasteiger partial charge is 0.497 e. The van der Waals surface area contributed by atoms with Crippen LogP contribution in [0.4, 0.5) is 0 Å². The fourth-order valence-electron chi connectivity index (χ4n) is 3.70. The fraction of sp³-hybridized carbons (Fsp3) is 0.696. The first-order chi connectivity index (χ1) is 14.3. The summed E-state index contributed by atoms with van der Waals surface area (Å²) in [6.07, 6.45) is -0.211. The van der Waals surface area contributed by atoms with Crippen LogP contribution in [-0.2, 0) is 25.4 Å². The Kier molecular flexibility index (Phi) is 11.6. The third-order valence-corrected chi connectivity index (χ3v) is 10.8. The van der Waals surface area contributed by atoms with Gasteiger partial charge in [0.15, 0.2) is 8.32 Å². The molecule has 7 heteroatoms. The first kappa shape index (κ1) is 26.6. The van der Waals surface area contributed by atoms with Crippen LogP contribution in [0.2, 0.25) is 18.1 Å². The second-order valence-corrected chi connectivity index (χ2v) is 12.7. The molecule has 0 unspecified atom stereocenters. The van der Waals surface area contributed by atoms with E-state index in [2.05, 4.69) is 27.7 Å². The normalized spacial score (nSPS) is 14.8. The van der Waals surface area contributed by atoms with E-state index in [-0.39, 0.29) is 23.8 Å². The van der Waals surface area contributed by atoms with Gasteiger partial charge in [0.1, 0.15) is 5.75 Å². The molecule has 0 aliphatic carbocycles.